The van der Waals surface area contributed by atoms with Gasteiger partial charge in [0.05, 0.1) is 0 Å². The molecule has 58 valence electrons. The first-order valence-corrected chi connectivity index (χ1v) is 4.61. The molecule has 0 bridgehead atoms. The SMILES string of the molecule is F/C(Br)=C/C1CCCCC1. The maximum Gasteiger partial charge on any atom is 0.162 e. The average Bonchev–Trinajstić information content (AvgIpc) is 1.88. The lowest BCUT2D eigenvalue weighted by atomic mass is 9.89. The maximum absolute atomic E-state index is 12.3. The van der Waals surface area contributed by atoms with Crippen LogP contribution in [0.3, 0.4) is 0 Å². The van der Waals surface area contributed by atoms with Crippen molar-refractivity contribution in [1.29, 1.82) is 0 Å². The molecule has 10 heavy (non-hydrogen) atoms. The van der Waals surface area contributed by atoms with Crippen molar-refractivity contribution in [3.05, 3.63) is 10.8 Å². The van der Waals surface area contributed by atoms with Crippen molar-refractivity contribution in [1.82, 2.24) is 0 Å². The highest BCUT2D eigenvalue weighted by Crippen LogP contribution is 2.26. The summed E-state index contributed by atoms with van der Waals surface area (Å²) in [5, 5.41) is 0. The van der Waals surface area contributed by atoms with Crippen LogP contribution in [0.25, 0.3) is 0 Å². The highest BCUT2D eigenvalue weighted by molar-refractivity contribution is 9.11. The summed E-state index contributed by atoms with van der Waals surface area (Å²) in [6.07, 6.45) is 7.88. The second-order valence-electron chi connectivity index (χ2n) is 2.85. The van der Waals surface area contributed by atoms with Crippen molar-refractivity contribution in [2.45, 2.75) is 32.1 Å². The molecule has 0 aliphatic heterocycles. The molecule has 0 radical (unpaired) electrons. The van der Waals surface area contributed by atoms with Gasteiger partial charge in [-0.1, -0.05) is 19.3 Å². The predicted octanol–water partition coefficient (Wildman–Crippen LogP) is 3.77. The highest BCUT2D eigenvalue weighted by atomic mass is 79.9. The van der Waals surface area contributed by atoms with Gasteiger partial charge in [0.2, 0.25) is 0 Å². The van der Waals surface area contributed by atoms with Gasteiger partial charge in [-0.3, -0.25) is 0 Å². The summed E-state index contributed by atoms with van der Waals surface area (Å²) in [4.78, 5) is 0. The summed E-state index contributed by atoms with van der Waals surface area (Å²) in [6.45, 7) is 0. The third-order valence-corrected chi connectivity index (χ3v) is 2.28. The molecular formula is C8H12BrF. The number of hydrogen-bond donors (Lipinski definition) is 0. The second-order valence-corrected chi connectivity index (χ2v) is 3.61. The number of allylic oxidation sites excluding steroid dienone is 1. The van der Waals surface area contributed by atoms with Crippen molar-refractivity contribution in [2.24, 2.45) is 5.92 Å². The number of halogens is 2. The van der Waals surface area contributed by atoms with Gasteiger partial charge in [0, 0.05) is 0 Å². The van der Waals surface area contributed by atoms with E-state index in [9.17, 15) is 4.39 Å². The summed E-state index contributed by atoms with van der Waals surface area (Å²) in [5.41, 5.74) is 0. The molecule has 1 aliphatic carbocycles. The molecule has 0 saturated heterocycles. The molecule has 0 unspecified atom stereocenters. The summed E-state index contributed by atoms with van der Waals surface area (Å²) in [6, 6.07) is 0. The molecule has 0 N–H and O–H groups in total. The van der Waals surface area contributed by atoms with Crippen molar-refractivity contribution < 1.29 is 4.39 Å². The first-order chi connectivity index (χ1) is 4.79. The van der Waals surface area contributed by atoms with Crippen LogP contribution in [0.5, 0.6) is 0 Å². The normalized spacial score (nSPS) is 23.2. The Kier molecular flexibility index (Phi) is 3.40. The summed E-state index contributed by atoms with van der Waals surface area (Å²) >= 11 is 2.80. The minimum Gasteiger partial charge on any atom is -0.199 e. The van der Waals surface area contributed by atoms with Gasteiger partial charge >= 0.3 is 0 Å². The summed E-state index contributed by atoms with van der Waals surface area (Å²) in [5.74, 6) is 0.494. The lowest BCUT2D eigenvalue weighted by molar-refractivity contribution is 0.415. The van der Waals surface area contributed by atoms with Crippen LogP contribution < -0.4 is 0 Å². The smallest absolute Gasteiger partial charge is 0.162 e. The van der Waals surface area contributed by atoms with Crippen molar-refractivity contribution in [3.8, 4) is 0 Å². The fourth-order valence-electron chi connectivity index (χ4n) is 1.48. The van der Waals surface area contributed by atoms with Gasteiger partial charge in [-0.15, -0.1) is 0 Å². The van der Waals surface area contributed by atoms with Gasteiger partial charge in [-0.2, -0.15) is 4.39 Å². The van der Waals surface area contributed by atoms with Crippen molar-refractivity contribution in [3.63, 3.8) is 0 Å². The third-order valence-electron chi connectivity index (χ3n) is 2.01. The third kappa shape index (κ3) is 2.82. The van der Waals surface area contributed by atoms with Crippen LogP contribution in [0.15, 0.2) is 10.8 Å². The second kappa shape index (κ2) is 4.12. The van der Waals surface area contributed by atoms with Crippen LogP contribution in [0, 0.1) is 5.92 Å². The zero-order valence-corrected chi connectivity index (χ0v) is 7.53. The largest absolute Gasteiger partial charge is 0.199 e. The Morgan fingerprint density at radius 1 is 1.30 bits per heavy atom. The van der Waals surface area contributed by atoms with Gasteiger partial charge in [-0.25, -0.2) is 0 Å². The van der Waals surface area contributed by atoms with Gasteiger partial charge in [-0.05, 0) is 40.8 Å². The molecule has 0 amide bonds. The van der Waals surface area contributed by atoms with E-state index in [-0.39, 0.29) is 4.74 Å². The molecule has 0 spiro atoms. The van der Waals surface area contributed by atoms with E-state index >= 15 is 0 Å². The first-order valence-electron chi connectivity index (χ1n) is 3.82. The van der Waals surface area contributed by atoms with Gasteiger partial charge in [0.15, 0.2) is 4.74 Å². The molecule has 0 aromatic carbocycles. The van der Waals surface area contributed by atoms with Gasteiger partial charge in [0.1, 0.15) is 0 Å². The quantitative estimate of drug-likeness (QED) is 0.613. The van der Waals surface area contributed by atoms with Crippen molar-refractivity contribution >= 4 is 15.9 Å². The van der Waals surface area contributed by atoms with E-state index in [4.69, 9.17) is 0 Å². The maximum atomic E-state index is 12.3. The minimum absolute atomic E-state index is 0.195. The molecule has 0 aromatic heterocycles. The Hall–Kier alpha value is 0.150. The zero-order chi connectivity index (χ0) is 7.40. The lowest BCUT2D eigenvalue weighted by Crippen LogP contribution is -2.02. The van der Waals surface area contributed by atoms with Crippen LogP contribution >= 0.6 is 15.9 Å². The van der Waals surface area contributed by atoms with Gasteiger partial charge in [0.25, 0.3) is 0 Å². The highest BCUT2D eigenvalue weighted by Gasteiger charge is 2.10. The van der Waals surface area contributed by atoms with E-state index < -0.39 is 0 Å². The molecular weight excluding hydrogens is 195 g/mol. The van der Waals surface area contributed by atoms with Crippen LogP contribution in [-0.2, 0) is 0 Å². The molecule has 0 aromatic rings. The Morgan fingerprint density at radius 3 is 2.40 bits per heavy atom. The zero-order valence-electron chi connectivity index (χ0n) is 5.95. The van der Waals surface area contributed by atoms with E-state index in [0.717, 1.165) is 0 Å². The standard InChI is InChI=1S/C8H12BrF/c9-8(10)6-7-4-2-1-3-5-7/h6-7H,1-5H2/b8-6+. The van der Waals surface area contributed by atoms with E-state index in [1.165, 1.54) is 32.1 Å². The minimum atomic E-state index is -0.195. The Morgan fingerprint density at radius 2 is 1.90 bits per heavy atom. The summed E-state index contributed by atoms with van der Waals surface area (Å²) < 4.78 is 12.1. The average molecular weight is 207 g/mol. The van der Waals surface area contributed by atoms with Crippen LogP contribution in [0.4, 0.5) is 4.39 Å². The molecule has 1 saturated carbocycles. The lowest BCUT2D eigenvalue weighted by Gasteiger charge is -2.17. The molecule has 1 rings (SSSR count). The van der Waals surface area contributed by atoms with E-state index in [1.54, 1.807) is 6.08 Å². The van der Waals surface area contributed by atoms with Crippen molar-refractivity contribution in [2.75, 3.05) is 0 Å². The van der Waals surface area contributed by atoms with Crippen LogP contribution in [-0.4, -0.2) is 0 Å². The fraction of sp³-hybridized carbons (Fsp3) is 0.750. The Labute approximate surface area is 69.6 Å². The van der Waals surface area contributed by atoms with E-state index in [2.05, 4.69) is 15.9 Å². The van der Waals surface area contributed by atoms with Crippen LogP contribution in [0.1, 0.15) is 32.1 Å². The molecule has 0 atom stereocenters. The molecule has 0 nitrogen and oxygen atoms in total. The van der Waals surface area contributed by atoms with Gasteiger partial charge < -0.3 is 0 Å². The van der Waals surface area contributed by atoms with E-state index in [0.29, 0.717) is 5.92 Å². The molecule has 1 fully saturated rings. The predicted molar refractivity (Wildman–Crippen MR) is 44.7 cm³/mol. The number of hydrogen-bond acceptors (Lipinski definition) is 0. The first kappa shape index (κ1) is 8.25. The number of rotatable bonds is 1. The monoisotopic (exact) mass is 206 g/mol. The topological polar surface area (TPSA) is 0 Å². The molecule has 0 heterocycles. The Balaban J connectivity index is 2.33. The molecule has 2 heteroatoms. The summed E-state index contributed by atoms with van der Waals surface area (Å²) in [7, 11) is 0. The Bertz CT molecular complexity index is 121. The fourth-order valence-corrected chi connectivity index (χ4v) is 1.85. The van der Waals surface area contributed by atoms with E-state index in [1.807, 2.05) is 0 Å². The molecule has 1 aliphatic rings. The van der Waals surface area contributed by atoms with Crippen LogP contribution in [0.2, 0.25) is 0 Å².